The maximum absolute atomic E-state index is 4.17. The Morgan fingerprint density at radius 3 is 2.80 bits per heavy atom. The second-order valence-electron chi connectivity index (χ2n) is 3.91. The van der Waals surface area contributed by atoms with E-state index in [9.17, 15) is 0 Å². The van der Waals surface area contributed by atoms with Crippen LogP contribution >= 0.6 is 0 Å². The molecule has 1 unspecified atom stereocenters. The van der Waals surface area contributed by atoms with Crippen LogP contribution in [0.5, 0.6) is 0 Å². The number of likely N-dealkylation sites (tertiary alicyclic amines) is 1. The van der Waals surface area contributed by atoms with E-state index in [0.29, 0.717) is 6.04 Å². The second-order valence-corrected chi connectivity index (χ2v) is 3.91. The third-order valence-corrected chi connectivity index (χ3v) is 2.98. The van der Waals surface area contributed by atoms with Crippen molar-refractivity contribution in [1.82, 2.24) is 15.5 Å². The summed E-state index contributed by atoms with van der Waals surface area (Å²) < 4.78 is 0. The molecule has 1 heterocycles. The highest BCUT2D eigenvalue weighted by molar-refractivity contribution is 5.79. The second kappa shape index (κ2) is 6.67. The van der Waals surface area contributed by atoms with Crippen molar-refractivity contribution < 1.29 is 0 Å². The number of aliphatic imine (C=N–C) groups is 1. The molecule has 0 aromatic carbocycles. The Labute approximate surface area is 93.1 Å². The van der Waals surface area contributed by atoms with E-state index in [1.165, 1.54) is 19.4 Å². The lowest BCUT2D eigenvalue weighted by molar-refractivity contribution is 0.267. The fourth-order valence-corrected chi connectivity index (χ4v) is 2.15. The smallest absolute Gasteiger partial charge is 0.191 e. The van der Waals surface area contributed by atoms with E-state index in [1.807, 2.05) is 7.05 Å². The van der Waals surface area contributed by atoms with Gasteiger partial charge < -0.3 is 10.6 Å². The molecule has 1 rings (SSSR count). The van der Waals surface area contributed by atoms with Gasteiger partial charge in [-0.05, 0) is 32.9 Å². The summed E-state index contributed by atoms with van der Waals surface area (Å²) in [4.78, 5) is 6.70. The molecule has 0 bridgehead atoms. The van der Waals surface area contributed by atoms with E-state index in [-0.39, 0.29) is 0 Å². The fourth-order valence-electron chi connectivity index (χ4n) is 2.15. The normalized spacial score (nSPS) is 23.1. The Morgan fingerprint density at radius 2 is 2.20 bits per heavy atom. The molecule has 1 aliphatic rings. The van der Waals surface area contributed by atoms with Crippen LogP contribution in [-0.4, -0.2) is 50.1 Å². The Balaban J connectivity index is 2.29. The standard InChI is InChI=1S/C11H24N4/c1-4-13-11(12-3)14-9-10-7-6-8-15(10)5-2/h10H,4-9H2,1-3H3,(H2,12,13,14). The van der Waals surface area contributed by atoms with Crippen LogP contribution in [0, 0.1) is 0 Å². The number of likely N-dealkylation sites (N-methyl/N-ethyl adjacent to an activating group) is 1. The molecule has 88 valence electrons. The summed E-state index contributed by atoms with van der Waals surface area (Å²) in [5.74, 6) is 0.917. The van der Waals surface area contributed by atoms with Crippen LogP contribution in [0.3, 0.4) is 0 Å². The van der Waals surface area contributed by atoms with Crippen molar-refractivity contribution in [1.29, 1.82) is 0 Å². The molecule has 1 aliphatic heterocycles. The van der Waals surface area contributed by atoms with Crippen molar-refractivity contribution in [3.63, 3.8) is 0 Å². The summed E-state index contributed by atoms with van der Waals surface area (Å²) in [6, 6.07) is 0.686. The van der Waals surface area contributed by atoms with E-state index < -0.39 is 0 Å². The van der Waals surface area contributed by atoms with Crippen LogP contribution in [0.25, 0.3) is 0 Å². The van der Waals surface area contributed by atoms with Crippen LogP contribution in [0.15, 0.2) is 4.99 Å². The Hall–Kier alpha value is -0.770. The van der Waals surface area contributed by atoms with Gasteiger partial charge in [-0.2, -0.15) is 0 Å². The molecule has 0 aromatic rings. The van der Waals surface area contributed by atoms with E-state index in [1.54, 1.807) is 0 Å². The minimum Gasteiger partial charge on any atom is -0.357 e. The molecule has 0 radical (unpaired) electrons. The molecule has 0 saturated carbocycles. The van der Waals surface area contributed by atoms with E-state index in [2.05, 4.69) is 34.4 Å². The van der Waals surface area contributed by atoms with Crippen LogP contribution in [0.1, 0.15) is 26.7 Å². The van der Waals surface area contributed by atoms with Crippen molar-refractivity contribution in [2.24, 2.45) is 4.99 Å². The van der Waals surface area contributed by atoms with Gasteiger partial charge in [0.05, 0.1) is 0 Å². The lowest BCUT2D eigenvalue weighted by Crippen LogP contribution is -2.44. The molecular formula is C11H24N4. The topological polar surface area (TPSA) is 39.7 Å². The molecule has 1 saturated heterocycles. The average Bonchev–Trinajstić information content (AvgIpc) is 2.71. The summed E-state index contributed by atoms with van der Waals surface area (Å²) in [5.41, 5.74) is 0. The largest absolute Gasteiger partial charge is 0.357 e. The first-order chi connectivity index (χ1) is 7.31. The first kappa shape index (κ1) is 12.3. The van der Waals surface area contributed by atoms with Crippen molar-refractivity contribution in [3.8, 4) is 0 Å². The molecule has 2 N–H and O–H groups in total. The zero-order chi connectivity index (χ0) is 11.1. The SMILES string of the molecule is CCNC(=NC)NCC1CCCN1CC. The molecular weight excluding hydrogens is 188 g/mol. The lowest BCUT2D eigenvalue weighted by atomic mass is 10.2. The number of hydrogen-bond acceptors (Lipinski definition) is 2. The predicted molar refractivity (Wildman–Crippen MR) is 65.3 cm³/mol. The number of nitrogens with zero attached hydrogens (tertiary/aromatic N) is 2. The van der Waals surface area contributed by atoms with Crippen molar-refractivity contribution >= 4 is 5.96 Å². The Bertz CT molecular complexity index is 203. The van der Waals surface area contributed by atoms with Crippen molar-refractivity contribution in [2.45, 2.75) is 32.7 Å². The Kier molecular flexibility index (Phi) is 5.47. The number of hydrogen-bond donors (Lipinski definition) is 2. The number of nitrogens with one attached hydrogen (secondary N) is 2. The average molecular weight is 212 g/mol. The number of rotatable bonds is 4. The van der Waals surface area contributed by atoms with Gasteiger partial charge in [-0.3, -0.25) is 9.89 Å². The molecule has 1 atom stereocenters. The van der Waals surface area contributed by atoms with Gasteiger partial charge in [0.1, 0.15) is 0 Å². The van der Waals surface area contributed by atoms with E-state index in [4.69, 9.17) is 0 Å². The third kappa shape index (κ3) is 3.70. The van der Waals surface area contributed by atoms with Crippen LogP contribution in [0.4, 0.5) is 0 Å². The molecule has 0 aromatic heterocycles. The van der Waals surface area contributed by atoms with Crippen LogP contribution in [0.2, 0.25) is 0 Å². The molecule has 0 aliphatic carbocycles. The van der Waals surface area contributed by atoms with Gasteiger partial charge in [0.15, 0.2) is 5.96 Å². The summed E-state index contributed by atoms with van der Waals surface area (Å²) in [6.07, 6.45) is 2.64. The quantitative estimate of drug-likeness (QED) is 0.531. The molecule has 4 heteroatoms. The van der Waals surface area contributed by atoms with Gasteiger partial charge in [0, 0.05) is 26.2 Å². The number of guanidine groups is 1. The molecule has 1 fully saturated rings. The highest BCUT2D eigenvalue weighted by Gasteiger charge is 2.22. The van der Waals surface area contributed by atoms with Gasteiger partial charge in [0.2, 0.25) is 0 Å². The minimum atomic E-state index is 0.686. The van der Waals surface area contributed by atoms with Gasteiger partial charge in [-0.1, -0.05) is 6.92 Å². The molecule has 15 heavy (non-hydrogen) atoms. The fraction of sp³-hybridized carbons (Fsp3) is 0.909. The highest BCUT2D eigenvalue weighted by Crippen LogP contribution is 2.15. The maximum atomic E-state index is 4.17. The first-order valence-corrected chi connectivity index (χ1v) is 6.00. The van der Waals surface area contributed by atoms with Gasteiger partial charge >= 0.3 is 0 Å². The highest BCUT2D eigenvalue weighted by atomic mass is 15.2. The molecule has 4 nitrogen and oxygen atoms in total. The molecule has 0 amide bonds. The molecule has 0 spiro atoms. The third-order valence-electron chi connectivity index (χ3n) is 2.98. The minimum absolute atomic E-state index is 0.686. The van der Waals surface area contributed by atoms with Crippen molar-refractivity contribution in [2.75, 3.05) is 33.2 Å². The van der Waals surface area contributed by atoms with E-state index >= 15 is 0 Å². The van der Waals surface area contributed by atoms with E-state index in [0.717, 1.165) is 25.6 Å². The monoisotopic (exact) mass is 212 g/mol. The van der Waals surface area contributed by atoms with Gasteiger partial charge in [-0.25, -0.2) is 0 Å². The maximum Gasteiger partial charge on any atom is 0.191 e. The summed E-state index contributed by atoms with van der Waals surface area (Å²) >= 11 is 0. The summed E-state index contributed by atoms with van der Waals surface area (Å²) in [5, 5.41) is 6.58. The van der Waals surface area contributed by atoms with Crippen LogP contribution < -0.4 is 10.6 Å². The lowest BCUT2D eigenvalue weighted by Gasteiger charge is -2.23. The summed E-state index contributed by atoms with van der Waals surface area (Å²) in [6.45, 7) is 8.66. The first-order valence-electron chi connectivity index (χ1n) is 6.00. The zero-order valence-corrected chi connectivity index (χ0v) is 10.2. The Morgan fingerprint density at radius 1 is 1.40 bits per heavy atom. The van der Waals surface area contributed by atoms with Crippen molar-refractivity contribution in [3.05, 3.63) is 0 Å². The van der Waals surface area contributed by atoms with Crippen LogP contribution in [-0.2, 0) is 0 Å². The zero-order valence-electron chi connectivity index (χ0n) is 10.2. The predicted octanol–water partition coefficient (Wildman–Crippen LogP) is 0.656. The van der Waals surface area contributed by atoms with Gasteiger partial charge in [0.25, 0.3) is 0 Å². The van der Waals surface area contributed by atoms with Gasteiger partial charge in [-0.15, -0.1) is 0 Å². The summed E-state index contributed by atoms with van der Waals surface area (Å²) in [7, 11) is 1.82.